The van der Waals surface area contributed by atoms with E-state index in [-0.39, 0.29) is 22.6 Å². The van der Waals surface area contributed by atoms with Gasteiger partial charge in [0.1, 0.15) is 0 Å². The predicted molar refractivity (Wildman–Crippen MR) is 75.4 cm³/mol. The molecule has 0 aromatic rings. The third-order valence-corrected chi connectivity index (χ3v) is 5.22. The van der Waals surface area contributed by atoms with Crippen molar-refractivity contribution in [2.45, 2.75) is 64.2 Å². The average molecular weight is 650 g/mol. The second-order valence-electron chi connectivity index (χ2n) is 6.31. The molecule has 1 unspecified atom stereocenters. The van der Waals surface area contributed by atoms with Gasteiger partial charge in [-0.2, -0.15) is 70.2 Å². The highest BCUT2D eigenvalue weighted by Crippen LogP contribution is 2.61. The molecule has 198 valence electrons. The maximum Gasteiger partial charge on any atom is 0.460 e. The Balaban J connectivity index is 6.41. The number of hydrogen-bond acceptors (Lipinski definition) is 1. The minimum absolute atomic E-state index is 0.312. The van der Waals surface area contributed by atoms with Gasteiger partial charge < -0.3 is 5.11 Å². The monoisotopic (exact) mass is 650 g/mol. The molecule has 0 fully saturated rings. The lowest BCUT2D eigenvalue weighted by Crippen LogP contribution is -2.70. The van der Waals surface area contributed by atoms with Crippen molar-refractivity contribution in [3.05, 3.63) is 0 Å². The summed E-state index contributed by atoms with van der Waals surface area (Å²) < 4.78 is 228. The van der Waals surface area contributed by atoms with Gasteiger partial charge in [-0.1, -0.05) is 22.6 Å². The Morgan fingerprint density at radius 3 is 1.15 bits per heavy atom. The Labute approximate surface area is 182 Å². The van der Waals surface area contributed by atoms with Crippen molar-refractivity contribution in [3.63, 3.8) is 0 Å². The molecule has 0 aliphatic carbocycles. The van der Waals surface area contributed by atoms with Crippen LogP contribution in [0.15, 0.2) is 0 Å². The van der Waals surface area contributed by atoms with Crippen LogP contribution in [0.3, 0.4) is 0 Å². The Morgan fingerprint density at radius 2 is 0.879 bits per heavy atom. The van der Waals surface area contributed by atoms with E-state index in [0.717, 1.165) is 0 Å². The lowest BCUT2D eigenvalue weighted by atomic mass is 9.89. The summed E-state index contributed by atoms with van der Waals surface area (Å²) in [5.41, 5.74) is 0. The molecule has 0 aliphatic rings. The topological polar surface area (TPSA) is 37.3 Å². The van der Waals surface area contributed by atoms with Crippen LogP contribution in [-0.4, -0.2) is 62.4 Å². The van der Waals surface area contributed by atoms with Crippen molar-refractivity contribution in [1.82, 2.24) is 0 Å². The molecule has 0 radical (unpaired) electrons. The van der Waals surface area contributed by atoms with Gasteiger partial charge in [0.15, 0.2) is 0 Å². The molecular weight excluding hydrogens is 645 g/mol. The van der Waals surface area contributed by atoms with Gasteiger partial charge in [-0.05, 0) is 0 Å². The lowest BCUT2D eigenvalue weighted by Gasteiger charge is -2.40. The molecule has 0 bridgehead atoms. The normalized spacial score (nSPS) is 17.7. The largest absolute Gasteiger partial charge is 0.480 e. The van der Waals surface area contributed by atoms with Crippen LogP contribution >= 0.6 is 22.6 Å². The molecule has 1 N–H and O–H groups in total. The van der Waals surface area contributed by atoms with Crippen LogP contribution in [0.5, 0.6) is 0 Å². The van der Waals surface area contributed by atoms with Crippen molar-refractivity contribution < 1.29 is 88.9 Å². The molecule has 21 heteroatoms. The third kappa shape index (κ3) is 5.15. The first-order valence-corrected chi connectivity index (χ1v) is 8.26. The van der Waals surface area contributed by atoms with E-state index in [1.807, 2.05) is 0 Å². The molecule has 2 nitrogen and oxygen atoms in total. The van der Waals surface area contributed by atoms with E-state index < -0.39 is 70.1 Å². The van der Waals surface area contributed by atoms with Crippen LogP contribution in [0.2, 0.25) is 0 Å². The highest BCUT2D eigenvalue weighted by atomic mass is 127. The average Bonchev–Trinajstić information content (AvgIpc) is 2.49. The van der Waals surface area contributed by atoms with Gasteiger partial charge in [0.05, 0.1) is 6.42 Å². The number of aliphatic carboxylic acids is 1. The standard InChI is InChI=1S/C12H5F18IO2/c13-4(14,1-5(31,3(32)33)11(25,26)27)2-6(15,16)7(17,18)8(19,20)9(21,22)10(23,24)12(28,29)30/h1-2H2,(H,32,33). The smallest absolute Gasteiger partial charge is 0.460 e. The molecule has 0 aliphatic heterocycles. The zero-order valence-corrected chi connectivity index (χ0v) is 16.6. The van der Waals surface area contributed by atoms with Crippen molar-refractivity contribution in [3.8, 4) is 0 Å². The molecule has 0 heterocycles. The Morgan fingerprint density at radius 1 is 0.545 bits per heavy atom. The van der Waals surface area contributed by atoms with E-state index in [4.69, 9.17) is 5.11 Å². The summed E-state index contributed by atoms with van der Waals surface area (Å²) in [4.78, 5) is 10.6. The van der Waals surface area contributed by atoms with Crippen molar-refractivity contribution in [2.24, 2.45) is 0 Å². The molecule has 1 atom stereocenters. The number of carbonyl (C=O) groups is 1. The summed E-state index contributed by atoms with van der Waals surface area (Å²) in [6, 6.07) is 0. The Hall–Kier alpha value is -1.06. The van der Waals surface area contributed by atoms with Crippen LogP contribution in [0.1, 0.15) is 12.8 Å². The number of carboxylic acids is 1. The van der Waals surface area contributed by atoms with Crippen LogP contribution in [0.25, 0.3) is 0 Å². The fourth-order valence-electron chi connectivity index (χ4n) is 1.95. The SMILES string of the molecule is O=C(O)C(I)(CC(F)(F)CC(F)(F)C(F)(F)C(F)(F)C(F)(F)C(F)(F)C(F)(F)F)C(F)(F)F. The van der Waals surface area contributed by atoms with Crippen LogP contribution in [0, 0.1) is 0 Å². The number of carboxylic acid groups (broad SMARTS) is 1. The Bertz CT molecular complexity index is 738. The zero-order chi connectivity index (χ0) is 27.5. The maximum atomic E-state index is 13.6. The van der Waals surface area contributed by atoms with Crippen LogP contribution in [0.4, 0.5) is 79.0 Å². The molecule has 0 amide bonds. The van der Waals surface area contributed by atoms with Gasteiger partial charge in [-0.25, -0.2) is 8.78 Å². The molecule has 0 aromatic carbocycles. The molecular formula is C12H5F18IO2. The first-order chi connectivity index (χ1) is 13.9. The molecule has 33 heavy (non-hydrogen) atoms. The summed E-state index contributed by atoms with van der Waals surface area (Å²) in [5.74, 6) is -49.8. The van der Waals surface area contributed by atoms with Crippen molar-refractivity contribution in [1.29, 1.82) is 0 Å². The van der Waals surface area contributed by atoms with E-state index in [1.165, 1.54) is 0 Å². The second-order valence-corrected chi connectivity index (χ2v) is 8.15. The summed E-state index contributed by atoms with van der Waals surface area (Å²) >= 11 is -0.312. The highest BCUT2D eigenvalue weighted by Gasteiger charge is 2.91. The summed E-state index contributed by atoms with van der Waals surface area (Å²) in [6.45, 7) is 0. The van der Waals surface area contributed by atoms with Crippen molar-refractivity contribution >= 4 is 28.6 Å². The van der Waals surface area contributed by atoms with Gasteiger partial charge >= 0.3 is 47.9 Å². The Kier molecular flexibility index (Phi) is 8.00. The first kappa shape index (κ1) is 31.9. The fraction of sp³-hybridized carbons (Fsp3) is 0.917. The molecule has 0 spiro atoms. The van der Waals surface area contributed by atoms with Gasteiger partial charge in [0, 0.05) is 6.42 Å². The minimum atomic E-state index is -8.42. The minimum Gasteiger partial charge on any atom is -0.480 e. The van der Waals surface area contributed by atoms with Crippen molar-refractivity contribution in [2.75, 3.05) is 0 Å². The lowest BCUT2D eigenvalue weighted by molar-refractivity contribution is -0.442. The second kappa shape index (κ2) is 8.26. The van der Waals surface area contributed by atoms with Gasteiger partial charge in [-0.15, -0.1) is 0 Å². The predicted octanol–water partition coefficient (Wildman–Crippen LogP) is 6.96. The van der Waals surface area contributed by atoms with Crippen LogP contribution in [-0.2, 0) is 4.79 Å². The van der Waals surface area contributed by atoms with Gasteiger partial charge in [0.25, 0.3) is 5.92 Å². The summed E-state index contributed by atoms with van der Waals surface area (Å²) in [5, 5.41) is 8.39. The van der Waals surface area contributed by atoms with E-state index in [0.29, 0.717) is 0 Å². The van der Waals surface area contributed by atoms with E-state index >= 15 is 0 Å². The number of rotatable bonds is 9. The maximum absolute atomic E-state index is 13.6. The molecule has 0 aromatic heterocycles. The number of halogens is 19. The summed E-state index contributed by atoms with van der Waals surface area (Å²) in [7, 11) is 0. The number of alkyl halides is 19. The fourth-order valence-corrected chi connectivity index (χ4v) is 2.51. The van der Waals surface area contributed by atoms with E-state index in [1.54, 1.807) is 0 Å². The van der Waals surface area contributed by atoms with Crippen LogP contribution < -0.4 is 0 Å². The van der Waals surface area contributed by atoms with Gasteiger partial charge in [-0.3, -0.25) is 4.79 Å². The molecule has 0 saturated heterocycles. The first-order valence-electron chi connectivity index (χ1n) is 7.18. The zero-order valence-electron chi connectivity index (χ0n) is 14.5. The third-order valence-electron chi connectivity index (χ3n) is 3.77. The molecule has 0 saturated carbocycles. The summed E-state index contributed by atoms with van der Waals surface area (Å²) in [6.07, 6.45) is -21.6. The number of hydrogen-bond donors (Lipinski definition) is 1. The van der Waals surface area contributed by atoms with E-state index in [9.17, 15) is 83.8 Å². The quantitative estimate of drug-likeness (QED) is 0.167. The highest BCUT2D eigenvalue weighted by molar-refractivity contribution is 14.1. The van der Waals surface area contributed by atoms with E-state index in [2.05, 4.69) is 0 Å². The van der Waals surface area contributed by atoms with Gasteiger partial charge in [0.2, 0.25) is 3.42 Å². The molecule has 0 rings (SSSR count).